The maximum absolute atomic E-state index is 17.1. The Bertz CT molecular complexity index is 1960. The molecule has 2 bridgehead atoms. The SMILES string of the molecule is C#Cc1c(F)ccc2cccc(-c3nc4c5c(nc(OC[C@@]67CCCN6C[C@H](F)C7)nc5c3F)N3C[C@H]5CC[C@H](N5)[C@H]3[C@H](C)C4)c12. The zero-order chi connectivity index (χ0) is 31.3. The zero-order valence-corrected chi connectivity index (χ0v) is 25.7. The van der Waals surface area contributed by atoms with Gasteiger partial charge in [-0.15, -0.1) is 6.42 Å². The van der Waals surface area contributed by atoms with E-state index in [1.54, 1.807) is 18.2 Å². The van der Waals surface area contributed by atoms with Crippen molar-refractivity contribution in [2.45, 2.75) is 75.3 Å². The molecule has 0 aliphatic carbocycles. The number of hydrogen-bond donors (Lipinski definition) is 1. The van der Waals surface area contributed by atoms with Crippen LogP contribution in [-0.2, 0) is 6.42 Å². The summed E-state index contributed by atoms with van der Waals surface area (Å²) in [6.45, 7) is 4.46. The highest BCUT2D eigenvalue weighted by Gasteiger charge is 2.50. The number of pyridine rings is 1. The lowest BCUT2D eigenvalue weighted by atomic mass is 9.89. The van der Waals surface area contributed by atoms with Gasteiger partial charge in [-0.25, -0.2) is 18.2 Å². The molecule has 7 heterocycles. The summed E-state index contributed by atoms with van der Waals surface area (Å²) in [5.74, 6) is 2.14. The van der Waals surface area contributed by atoms with Crippen LogP contribution in [0.25, 0.3) is 32.9 Å². The van der Waals surface area contributed by atoms with Gasteiger partial charge in [0.15, 0.2) is 5.82 Å². The Labute approximate surface area is 265 Å². The van der Waals surface area contributed by atoms with Crippen LogP contribution in [0.2, 0.25) is 0 Å². The molecule has 0 amide bonds. The summed E-state index contributed by atoms with van der Waals surface area (Å²) in [5, 5.41) is 5.53. The van der Waals surface area contributed by atoms with Crippen molar-refractivity contribution in [1.29, 1.82) is 0 Å². The Hall–Kier alpha value is -3.94. The molecule has 0 saturated carbocycles. The van der Waals surface area contributed by atoms with E-state index in [-0.39, 0.29) is 47.4 Å². The van der Waals surface area contributed by atoms with Gasteiger partial charge in [-0.05, 0) is 56.0 Å². The summed E-state index contributed by atoms with van der Waals surface area (Å²) in [6, 6.07) is 9.18. The van der Waals surface area contributed by atoms with Crippen molar-refractivity contribution in [3.05, 3.63) is 53.2 Å². The van der Waals surface area contributed by atoms with Gasteiger partial charge in [-0.2, -0.15) is 9.97 Å². The second kappa shape index (κ2) is 10.3. The highest BCUT2D eigenvalue weighted by Crippen LogP contribution is 2.45. The lowest BCUT2D eigenvalue weighted by Crippen LogP contribution is -2.60. The number of anilines is 1. The molecule has 5 aliphatic heterocycles. The minimum atomic E-state index is -0.892. The first-order valence-electron chi connectivity index (χ1n) is 16.5. The van der Waals surface area contributed by atoms with Gasteiger partial charge in [0.1, 0.15) is 35.6 Å². The molecule has 4 saturated heterocycles. The Kier molecular flexibility index (Phi) is 6.32. The highest BCUT2D eigenvalue weighted by atomic mass is 19.1. The molecule has 1 N–H and O–H groups in total. The Balaban J connectivity index is 1.25. The van der Waals surface area contributed by atoms with E-state index in [2.05, 4.69) is 28.0 Å². The fraction of sp³-hybridized carbons (Fsp3) is 0.472. The number of piperazine rings is 1. The third-order valence-corrected chi connectivity index (χ3v) is 11.3. The van der Waals surface area contributed by atoms with Crippen LogP contribution in [0.1, 0.15) is 50.3 Å². The van der Waals surface area contributed by atoms with E-state index in [4.69, 9.17) is 26.1 Å². The maximum atomic E-state index is 17.1. The van der Waals surface area contributed by atoms with Crippen molar-refractivity contribution in [3.63, 3.8) is 0 Å². The third kappa shape index (κ3) is 4.10. The summed E-state index contributed by atoms with van der Waals surface area (Å²) in [5.41, 5.74) is 1.00. The predicted octanol–water partition coefficient (Wildman–Crippen LogP) is 5.56. The fourth-order valence-corrected chi connectivity index (χ4v) is 9.34. The number of nitrogens with zero attached hydrogens (tertiary/aromatic N) is 5. The first-order valence-corrected chi connectivity index (χ1v) is 16.5. The van der Waals surface area contributed by atoms with E-state index in [1.807, 2.05) is 6.07 Å². The molecule has 10 heteroatoms. The molecular weight excluding hydrogens is 589 g/mol. The van der Waals surface area contributed by atoms with E-state index < -0.39 is 23.3 Å². The van der Waals surface area contributed by atoms with Gasteiger partial charge in [0, 0.05) is 48.6 Å². The van der Waals surface area contributed by atoms with Crippen molar-refractivity contribution < 1.29 is 17.9 Å². The minimum Gasteiger partial charge on any atom is -0.461 e. The van der Waals surface area contributed by atoms with E-state index in [9.17, 15) is 8.78 Å². The van der Waals surface area contributed by atoms with Gasteiger partial charge >= 0.3 is 6.01 Å². The van der Waals surface area contributed by atoms with E-state index in [1.165, 1.54) is 6.07 Å². The normalized spacial score (nSPS) is 30.0. The van der Waals surface area contributed by atoms with Crippen molar-refractivity contribution in [2.24, 2.45) is 5.92 Å². The molecule has 4 fully saturated rings. The Morgan fingerprint density at radius 3 is 2.87 bits per heavy atom. The summed E-state index contributed by atoms with van der Waals surface area (Å²) in [4.78, 5) is 19.2. The second-order valence-corrected chi connectivity index (χ2v) is 14.0. The number of aromatic nitrogens is 3. The van der Waals surface area contributed by atoms with Crippen molar-refractivity contribution in [2.75, 3.05) is 31.1 Å². The second-order valence-electron chi connectivity index (χ2n) is 14.0. The van der Waals surface area contributed by atoms with Crippen LogP contribution in [0.15, 0.2) is 30.3 Å². The number of benzene rings is 2. The van der Waals surface area contributed by atoms with Crippen LogP contribution >= 0.6 is 0 Å². The van der Waals surface area contributed by atoms with Crippen LogP contribution in [0.4, 0.5) is 19.0 Å². The standard InChI is InChI=1S/C36H35F3N6O/c1-3-23-25(38)10-8-20-6-4-7-24(28(20)23)31-30(39)32-29-27(41-31)14-19(2)33-26-11-9-22(40-26)17-45(33)34(29)43-35(42-32)46-18-36-12-5-13-44(36)16-21(37)15-36/h1,4,6-8,10,19,21-22,26,33,40H,5,9,11-18H2,2H3/t19-,21-,22-,26+,33-,36+/m1/s1. The summed E-state index contributed by atoms with van der Waals surface area (Å²) >= 11 is 0. The molecule has 0 unspecified atom stereocenters. The van der Waals surface area contributed by atoms with Gasteiger partial charge in [-0.3, -0.25) is 4.90 Å². The summed E-state index contributed by atoms with van der Waals surface area (Å²) in [6.07, 6.45) is 9.88. The number of terminal acetylenes is 1. The average Bonchev–Trinajstić information content (AvgIpc) is 3.69. The molecule has 2 aromatic heterocycles. The first-order chi connectivity index (χ1) is 22.3. The molecule has 2 aromatic carbocycles. The molecule has 6 atom stereocenters. The number of nitrogens with one attached hydrogen (secondary N) is 1. The number of ether oxygens (including phenoxy) is 1. The van der Waals surface area contributed by atoms with Crippen LogP contribution in [0.5, 0.6) is 6.01 Å². The monoisotopic (exact) mass is 624 g/mol. The smallest absolute Gasteiger partial charge is 0.319 e. The van der Waals surface area contributed by atoms with E-state index >= 15 is 4.39 Å². The molecule has 4 aromatic rings. The molecule has 0 radical (unpaired) electrons. The van der Waals surface area contributed by atoms with Crippen LogP contribution < -0.4 is 15.0 Å². The van der Waals surface area contributed by atoms with Gasteiger partial charge in [0.2, 0.25) is 0 Å². The van der Waals surface area contributed by atoms with Crippen molar-refractivity contribution in [1.82, 2.24) is 25.2 Å². The van der Waals surface area contributed by atoms with E-state index in [0.29, 0.717) is 58.7 Å². The first kappa shape index (κ1) is 28.3. The number of hydrogen-bond acceptors (Lipinski definition) is 7. The number of halogens is 3. The average molecular weight is 625 g/mol. The summed E-state index contributed by atoms with van der Waals surface area (Å²) < 4.78 is 53.0. The topological polar surface area (TPSA) is 66.4 Å². The zero-order valence-electron chi connectivity index (χ0n) is 25.7. The number of rotatable bonds is 4. The van der Waals surface area contributed by atoms with Gasteiger partial charge < -0.3 is 15.0 Å². The molecular formula is C36H35F3N6O. The van der Waals surface area contributed by atoms with E-state index in [0.717, 1.165) is 38.8 Å². The van der Waals surface area contributed by atoms with Crippen molar-refractivity contribution in [3.8, 4) is 29.6 Å². The van der Waals surface area contributed by atoms with Gasteiger partial charge in [-0.1, -0.05) is 37.1 Å². The molecule has 0 spiro atoms. The van der Waals surface area contributed by atoms with Gasteiger partial charge in [0.05, 0.1) is 22.2 Å². The fourth-order valence-electron chi connectivity index (χ4n) is 9.34. The highest BCUT2D eigenvalue weighted by molar-refractivity contribution is 6.02. The van der Waals surface area contributed by atoms with Gasteiger partial charge in [0.25, 0.3) is 0 Å². The number of alkyl halides is 1. The van der Waals surface area contributed by atoms with Crippen LogP contribution in [0.3, 0.4) is 0 Å². The molecule has 46 heavy (non-hydrogen) atoms. The van der Waals surface area contributed by atoms with Crippen LogP contribution in [0, 0.1) is 29.9 Å². The molecule has 236 valence electrons. The Morgan fingerprint density at radius 2 is 2.00 bits per heavy atom. The lowest BCUT2D eigenvalue weighted by Gasteiger charge is -2.43. The quantitative estimate of drug-likeness (QED) is 0.298. The molecule has 7 nitrogen and oxygen atoms in total. The summed E-state index contributed by atoms with van der Waals surface area (Å²) in [7, 11) is 0. The molecule has 5 aliphatic rings. The van der Waals surface area contributed by atoms with Crippen molar-refractivity contribution >= 4 is 27.5 Å². The minimum absolute atomic E-state index is 0.0726. The predicted molar refractivity (Wildman–Crippen MR) is 171 cm³/mol. The third-order valence-electron chi connectivity index (χ3n) is 11.3. The largest absolute Gasteiger partial charge is 0.461 e. The maximum Gasteiger partial charge on any atom is 0.319 e. The lowest BCUT2D eigenvalue weighted by molar-refractivity contribution is 0.107. The number of fused-ring (bicyclic) bond motifs is 7. The molecule has 9 rings (SSSR count). The van der Waals surface area contributed by atoms with Crippen LogP contribution in [-0.4, -0.2) is 75.9 Å². The Morgan fingerprint density at radius 1 is 1.11 bits per heavy atom.